The van der Waals surface area contributed by atoms with Gasteiger partial charge in [0, 0.05) is 17.2 Å². The number of nitrogens with zero attached hydrogens (tertiary/aromatic N) is 2. The molecule has 1 aliphatic heterocycles. The highest BCUT2D eigenvalue weighted by Crippen LogP contribution is 2.20. The van der Waals surface area contributed by atoms with E-state index in [1.54, 1.807) is 7.05 Å². The number of halogens is 1. The van der Waals surface area contributed by atoms with Crippen molar-refractivity contribution in [3.05, 3.63) is 28.7 Å². The molecule has 84 valence electrons. The Bertz CT molecular complexity index is 430. The van der Waals surface area contributed by atoms with Crippen LogP contribution in [-0.2, 0) is 4.79 Å². The zero-order valence-corrected chi connectivity index (χ0v) is 10.4. The Balaban J connectivity index is 2.28. The third-order valence-electron chi connectivity index (χ3n) is 2.44. The van der Waals surface area contributed by atoms with Crippen molar-refractivity contribution in [3.63, 3.8) is 0 Å². The van der Waals surface area contributed by atoms with Gasteiger partial charge in [0.2, 0.25) is 0 Å². The van der Waals surface area contributed by atoms with Crippen molar-refractivity contribution >= 4 is 33.4 Å². The van der Waals surface area contributed by atoms with Crippen LogP contribution in [0.3, 0.4) is 0 Å². The first-order chi connectivity index (χ1) is 7.58. The third kappa shape index (κ3) is 2.09. The molecule has 0 spiro atoms. The first kappa shape index (κ1) is 11.1. The van der Waals surface area contributed by atoms with E-state index in [1.165, 1.54) is 9.80 Å². The van der Waals surface area contributed by atoms with Crippen LogP contribution >= 0.6 is 15.9 Å². The van der Waals surface area contributed by atoms with Crippen LogP contribution in [0.5, 0.6) is 0 Å². The second-order valence-electron chi connectivity index (χ2n) is 3.74. The lowest BCUT2D eigenvalue weighted by atomic mass is 10.2. The molecule has 1 heterocycles. The first-order valence-electron chi connectivity index (χ1n) is 4.88. The maximum Gasteiger partial charge on any atom is 0.325 e. The molecule has 0 aromatic heterocycles. The van der Waals surface area contributed by atoms with E-state index in [-0.39, 0.29) is 24.9 Å². The lowest BCUT2D eigenvalue weighted by Crippen LogP contribution is -2.52. The van der Waals surface area contributed by atoms with Gasteiger partial charge in [0.05, 0.1) is 13.1 Å². The molecule has 0 atom stereocenters. The summed E-state index contributed by atoms with van der Waals surface area (Å²) in [5.74, 6) is 0.0463. The van der Waals surface area contributed by atoms with Crippen LogP contribution < -0.4 is 4.90 Å². The van der Waals surface area contributed by atoms with Crippen molar-refractivity contribution in [1.29, 1.82) is 0 Å². The molecule has 0 unspecified atom stereocenters. The number of likely N-dealkylation sites (N-methyl/N-ethyl adjacent to an activating group) is 1. The summed E-state index contributed by atoms with van der Waals surface area (Å²) in [6, 6.07) is 7.19. The van der Waals surface area contributed by atoms with Gasteiger partial charge in [-0.3, -0.25) is 9.69 Å². The van der Waals surface area contributed by atoms with Crippen molar-refractivity contribution in [3.8, 4) is 0 Å². The number of carbonyl (C=O) groups is 2. The summed E-state index contributed by atoms with van der Waals surface area (Å²) in [6.07, 6.45) is 0. The number of benzene rings is 1. The molecule has 0 radical (unpaired) electrons. The Hall–Kier alpha value is -1.36. The fraction of sp³-hybridized carbons (Fsp3) is 0.273. The lowest BCUT2D eigenvalue weighted by molar-refractivity contribution is -0.118. The molecule has 1 aromatic rings. The molecule has 4 nitrogen and oxygen atoms in total. The average molecular weight is 283 g/mol. The fourth-order valence-electron chi connectivity index (χ4n) is 1.65. The maximum absolute atomic E-state index is 11.8. The number of rotatable bonds is 1. The van der Waals surface area contributed by atoms with Crippen molar-refractivity contribution in [1.82, 2.24) is 4.90 Å². The average Bonchev–Trinajstić information content (AvgIpc) is 2.25. The van der Waals surface area contributed by atoms with Gasteiger partial charge in [0.15, 0.2) is 5.78 Å². The Morgan fingerprint density at radius 2 is 1.75 bits per heavy atom. The van der Waals surface area contributed by atoms with E-state index in [1.807, 2.05) is 24.3 Å². The molecule has 1 fully saturated rings. The van der Waals surface area contributed by atoms with Crippen molar-refractivity contribution < 1.29 is 9.59 Å². The molecule has 1 saturated heterocycles. The van der Waals surface area contributed by atoms with E-state index in [0.29, 0.717) is 0 Å². The molecule has 16 heavy (non-hydrogen) atoms. The van der Waals surface area contributed by atoms with Gasteiger partial charge in [-0.2, -0.15) is 0 Å². The Morgan fingerprint density at radius 1 is 1.12 bits per heavy atom. The van der Waals surface area contributed by atoms with Gasteiger partial charge in [0.25, 0.3) is 0 Å². The van der Waals surface area contributed by atoms with Gasteiger partial charge in [0.1, 0.15) is 0 Å². The second-order valence-corrected chi connectivity index (χ2v) is 4.66. The van der Waals surface area contributed by atoms with E-state index >= 15 is 0 Å². The molecular weight excluding hydrogens is 272 g/mol. The number of anilines is 1. The van der Waals surface area contributed by atoms with E-state index in [9.17, 15) is 9.59 Å². The summed E-state index contributed by atoms with van der Waals surface area (Å²) < 4.78 is 0.945. The van der Waals surface area contributed by atoms with Gasteiger partial charge < -0.3 is 4.90 Å². The van der Waals surface area contributed by atoms with Crippen LogP contribution in [0.25, 0.3) is 0 Å². The molecule has 0 N–H and O–H groups in total. The van der Waals surface area contributed by atoms with Crippen LogP contribution in [0, 0.1) is 0 Å². The first-order valence-corrected chi connectivity index (χ1v) is 5.67. The minimum atomic E-state index is -0.137. The monoisotopic (exact) mass is 282 g/mol. The molecule has 0 saturated carbocycles. The van der Waals surface area contributed by atoms with Crippen LogP contribution in [0.2, 0.25) is 0 Å². The smallest absolute Gasteiger partial charge is 0.320 e. The molecule has 0 aliphatic carbocycles. The van der Waals surface area contributed by atoms with Crippen LogP contribution in [0.1, 0.15) is 0 Å². The SMILES string of the molecule is CN1CC(=O)CN(c2ccc(Br)cc2)C1=O. The van der Waals surface area contributed by atoms with Crippen LogP contribution in [-0.4, -0.2) is 36.9 Å². The summed E-state index contributed by atoms with van der Waals surface area (Å²) in [5, 5.41) is 0. The largest absolute Gasteiger partial charge is 0.325 e. The van der Waals surface area contributed by atoms with E-state index in [0.717, 1.165) is 10.2 Å². The van der Waals surface area contributed by atoms with Crippen LogP contribution in [0.15, 0.2) is 28.7 Å². The van der Waals surface area contributed by atoms with Crippen LogP contribution in [0.4, 0.5) is 10.5 Å². The van der Waals surface area contributed by atoms with Crippen molar-refractivity contribution in [2.75, 3.05) is 25.0 Å². The Labute approximate surface area is 102 Å². The molecular formula is C11H11BrN2O2. The highest BCUT2D eigenvalue weighted by molar-refractivity contribution is 9.10. The number of hydrogen-bond acceptors (Lipinski definition) is 2. The van der Waals surface area contributed by atoms with Crippen molar-refractivity contribution in [2.24, 2.45) is 0 Å². The minimum Gasteiger partial charge on any atom is -0.320 e. The molecule has 5 heteroatoms. The molecule has 2 rings (SSSR count). The van der Waals surface area contributed by atoms with E-state index < -0.39 is 0 Å². The Morgan fingerprint density at radius 3 is 2.38 bits per heavy atom. The summed E-state index contributed by atoms with van der Waals surface area (Å²) in [4.78, 5) is 26.2. The number of Topliss-reactive ketones (excluding diaryl/α,β-unsaturated/α-hetero) is 1. The maximum atomic E-state index is 11.8. The highest BCUT2D eigenvalue weighted by Gasteiger charge is 2.28. The summed E-state index contributed by atoms with van der Waals surface area (Å²) in [6.45, 7) is 0.358. The number of urea groups is 1. The number of carbonyl (C=O) groups excluding carboxylic acids is 2. The molecule has 2 amide bonds. The van der Waals surface area contributed by atoms with Gasteiger partial charge in [-0.15, -0.1) is 0 Å². The molecule has 1 aliphatic rings. The number of amides is 2. The standard InChI is InChI=1S/C11H11BrN2O2/c1-13-6-10(15)7-14(11(13)16)9-4-2-8(12)3-5-9/h2-5H,6-7H2,1H3. The van der Waals surface area contributed by atoms with Gasteiger partial charge in [-0.05, 0) is 24.3 Å². The number of ketones is 1. The zero-order valence-electron chi connectivity index (χ0n) is 8.81. The molecule has 0 bridgehead atoms. The lowest BCUT2D eigenvalue weighted by Gasteiger charge is -2.32. The van der Waals surface area contributed by atoms with Crippen molar-refractivity contribution in [2.45, 2.75) is 0 Å². The van der Waals surface area contributed by atoms with Gasteiger partial charge in [-0.1, -0.05) is 15.9 Å². The fourth-order valence-corrected chi connectivity index (χ4v) is 1.92. The Kier molecular flexibility index (Phi) is 2.96. The highest BCUT2D eigenvalue weighted by atomic mass is 79.9. The number of hydrogen-bond donors (Lipinski definition) is 0. The zero-order chi connectivity index (χ0) is 11.7. The minimum absolute atomic E-state index is 0.0463. The third-order valence-corrected chi connectivity index (χ3v) is 2.97. The summed E-state index contributed by atoms with van der Waals surface area (Å²) in [7, 11) is 1.63. The second kappa shape index (κ2) is 4.25. The van der Waals surface area contributed by atoms with Gasteiger partial charge in [-0.25, -0.2) is 4.79 Å². The quantitative estimate of drug-likeness (QED) is 0.789. The van der Waals surface area contributed by atoms with E-state index in [4.69, 9.17) is 0 Å². The summed E-state index contributed by atoms with van der Waals surface area (Å²) >= 11 is 3.33. The van der Waals surface area contributed by atoms with Gasteiger partial charge >= 0.3 is 6.03 Å². The topological polar surface area (TPSA) is 40.6 Å². The van der Waals surface area contributed by atoms with E-state index in [2.05, 4.69) is 15.9 Å². The summed E-state index contributed by atoms with van der Waals surface area (Å²) in [5.41, 5.74) is 0.744. The predicted molar refractivity (Wildman–Crippen MR) is 64.5 cm³/mol. The predicted octanol–water partition coefficient (Wildman–Crippen LogP) is 1.89. The molecule has 1 aromatic carbocycles. The normalized spacial score (nSPS) is 16.9.